The summed E-state index contributed by atoms with van der Waals surface area (Å²) in [5, 5.41) is 10.8. The van der Waals surface area contributed by atoms with Gasteiger partial charge >= 0.3 is 5.97 Å². The number of ketones is 1. The maximum absolute atomic E-state index is 13.6. The van der Waals surface area contributed by atoms with Crippen LogP contribution in [-0.2, 0) is 19.1 Å². The number of allylic oxidation sites excluding steroid dienone is 1. The monoisotopic (exact) mass is 403 g/mol. The summed E-state index contributed by atoms with van der Waals surface area (Å²) in [5.41, 5.74) is -0.366. The molecule has 160 valence electrons. The minimum Gasteiger partial charge on any atom is -0.469 e. The van der Waals surface area contributed by atoms with Crippen LogP contribution in [0.2, 0.25) is 0 Å². The number of likely N-dealkylation sites (tertiary alicyclic amines) is 1. The lowest BCUT2D eigenvalue weighted by molar-refractivity contribution is -0.159. The Kier molecular flexibility index (Phi) is 5.34. The molecule has 1 aliphatic heterocycles. The molecule has 0 aromatic carbocycles. The lowest BCUT2D eigenvalue weighted by atomic mass is 9.45. The first-order chi connectivity index (χ1) is 13.9. The minimum absolute atomic E-state index is 0.115. The van der Waals surface area contributed by atoms with Crippen molar-refractivity contribution in [2.24, 2.45) is 28.6 Å². The Bertz CT molecular complexity index is 733. The topological polar surface area (TPSA) is 83.9 Å². The molecule has 6 nitrogen and oxygen atoms in total. The van der Waals surface area contributed by atoms with Gasteiger partial charge < -0.3 is 14.7 Å². The first-order valence-corrected chi connectivity index (χ1v) is 11.1. The van der Waals surface area contributed by atoms with E-state index in [1.807, 2.05) is 4.90 Å². The number of carbonyl (C=O) groups is 3. The number of aliphatic hydroxyl groups is 1. The van der Waals surface area contributed by atoms with Crippen LogP contribution in [0.15, 0.2) is 11.6 Å². The van der Waals surface area contributed by atoms with Crippen molar-refractivity contribution < 1.29 is 24.2 Å². The fourth-order valence-electron chi connectivity index (χ4n) is 7.49. The number of methoxy groups -OCH3 is 1. The molecule has 6 atom stereocenters. The largest absolute Gasteiger partial charge is 0.469 e. The van der Waals surface area contributed by atoms with Crippen LogP contribution in [0.5, 0.6) is 0 Å². The van der Waals surface area contributed by atoms with Crippen molar-refractivity contribution in [2.45, 2.75) is 64.3 Å². The van der Waals surface area contributed by atoms with Crippen LogP contribution in [0.3, 0.4) is 0 Å². The number of aliphatic hydroxyl groups excluding tert-OH is 1. The van der Waals surface area contributed by atoms with Crippen molar-refractivity contribution in [1.82, 2.24) is 4.90 Å². The Morgan fingerprint density at radius 1 is 1.38 bits per heavy atom. The van der Waals surface area contributed by atoms with Crippen molar-refractivity contribution in [1.29, 1.82) is 0 Å². The molecule has 0 spiro atoms. The summed E-state index contributed by atoms with van der Waals surface area (Å²) >= 11 is 0. The molecule has 0 bridgehead atoms. The van der Waals surface area contributed by atoms with Gasteiger partial charge in [0.25, 0.3) is 0 Å². The van der Waals surface area contributed by atoms with E-state index in [1.54, 1.807) is 0 Å². The van der Waals surface area contributed by atoms with Gasteiger partial charge in [-0.1, -0.05) is 18.6 Å². The summed E-state index contributed by atoms with van der Waals surface area (Å²) in [6, 6.07) is -0.144. The number of esters is 1. The average Bonchev–Trinajstić information content (AvgIpc) is 3.32. The summed E-state index contributed by atoms with van der Waals surface area (Å²) in [5.74, 6) is 0.738. The van der Waals surface area contributed by atoms with Crippen LogP contribution in [0.1, 0.15) is 58.3 Å². The highest BCUT2D eigenvalue weighted by atomic mass is 16.5. The normalized spacial score (nSPS) is 41.1. The first-order valence-electron chi connectivity index (χ1n) is 11.1. The molecule has 29 heavy (non-hydrogen) atoms. The number of Topliss-reactive ketones (excluding diaryl/α,β-unsaturated/α-hetero) is 1. The molecule has 4 aliphatic rings. The van der Waals surface area contributed by atoms with Gasteiger partial charge in [0.15, 0.2) is 0 Å². The predicted molar refractivity (Wildman–Crippen MR) is 107 cm³/mol. The number of amides is 1. The Balaban J connectivity index is 1.94. The van der Waals surface area contributed by atoms with E-state index >= 15 is 0 Å². The minimum atomic E-state index is -0.918. The number of ether oxygens (including phenoxy) is 1. The number of hydrogen-bond acceptors (Lipinski definition) is 5. The first kappa shape index (κ1) is 20.6. The van der Waals surface area contributed by atoms with Gasteiger partial charge in [0.05, 0.1) is 19.1 Å². The van der Waals surface area contributed by atoms with Crippen LogP contribution in [0.4, 0.5) is 0 Å². The van der Waals surface area contributed by atoms with Gasteiger partial charge in [-0.2, -0.15) is 0 Å². The molecular weight excluding hydrogens is 370 g/mol. The van der Waals surface area contributed by atoms with Crippen LogP contribution < -0.4 is 0 Å². The molecule has 0 radical (unpaired) electrons. The molecule has 3 unspecified atom stereocenters. The van der Waals surface area contributed by atoms with E-state index in [9.17, 15) is 19.5 Å². The Labute approximate surface area is 172 Å². The van der Waals surface area contributed by atoms with Gasteiger partial charge in [-0.05, 0) is 56.3 Å². The highest BCUT2D eigenvalue weighted by Crippen LogP contribution is 2.67. The second-order valence-corrected chi connectivity index (χ2v) is 9.61. The average molecular weight is 404 g/mol. The SMILES string of the molecule is COC(=O)CC[C@@]12C3=CCC[C@@H]3CCC(=O)C1(CO)CCC1C2N(C=O)C[C@H]1C. The molecule has 6 heteroatoms. The molecule has 0 aromatic rings. The second-order valence-electron chi connectivity index (χ2n) is 9.61. The van der Waals surface area contributed by atoms with Crippen molar-refractivity contribution in [2.75, 3.05) is 20.3 Å². The number of fused-ring (bicyclic) bond motifs is 5. The van der Waals surface area contributed by atoms with Crippen LogP contribution in [0, 0.1) is 28.6 Å². The molecule has 3 fully saturated rings. The van der Waals surface area contributed by atoms with E-state index in [-0.39, 0.29) is 36.7 Å². The van der Waals surface area contributed by atoms with E-state index in [0.29, 0.717) is 37.6 Å². The number of rotatable bonds is 5. The van der Waals surface area contributed by atoms with Gasteiger partial charge in [0.2, 0.25) is 6.41 Å². The maximum atomic E-state index is 13.6. The summed E-state index contributed by atoms with van der Waals surface area (Å²) in [6.45, 7) is 2.63. The fourth-order valence-corrected chi connectivity index (χ4v) is 7.49. The third-order valence-corrected chi connectivity index (χ3v) is 8.70. The van der Waals surface area contributed by atoms with Gasteiger partial charge in [0, 0.05) is 30.8 Å². The Morgan fingerprint density at radius 2 is 2.17 bits per heavy atom. The van der Waals surface area contributed by atoms with Gasteiger partial charge in [-0.3, -0.25) is 14.4 Å². The highest BCUT2D eigenvalue weighted by molar-refractivity contribution is 5.88. The number of hydrogen-bond donors (Lipinski definition) is 1. The molecule has 3 aliphatic carbocycles. The molecule has 1 heterocycles. The number of carbonyl (C=O) groups excluding carboxylic acids is 3. The van der Waals surface area contributed by atoms with Crippen molar-refractivity contribution in [3.8, 4) is 0 Å². The summed E-state index contributed by atoms with van der Waals surface area (Å²) in [6.07, 6.45) is 8.55. The molecular formula is C23H33NO5. The second kappa shape index (κ2) is 7.53. The summed E-state index contributed by atoms with van der Waals surface area (Å²) in [7, 11) is 1.38. The molecule has 2 saturated carbocycles. The van der Waals surface area contributed by atoms with E-state index < -0.39 is 10.8 Å². The Morgan fingerprint density at radius 3 is 2.86 bits per heavy atom. The number of nitrogens with zero attached hydrogens (tertiary/aromatic N) is 1. The zero-order valence-corrected chi connectivity index (χ0v) is 17.6. The smallest absolute Gasteiger partial charge is 0.305 e. The quantitative estimate of drug-likeness (QED) is 0.433. The van der Waals surface area contributed by atoms with Gasteiger partial charge in [0.1, 0.15) is 5.78 Å². The van der Waals surface area contributed by atoms with Crippen LogP contribution in [0.25, 0.3) is 0 Å². The Hall–Kier alpha value is -1.69. The molecule has 1 saturated heterocycles. The zero-order valence-electron chi connectivity index (χ0n) is 17.6. The van der Waals surface area contributed by atoms with Gasteiger partial charge in [-0.15, -0.1) is 0 Å². The van der Waals surface area contributed by atoms with Gasteiger partial charge in [-0.25, -0.2) is 0 Å². The van der Waals surface area contributed by atoms with E-state index in [2.05, 4.69) is 13.0 Å². The molecule has 1 N–H and O–H groups in total. The third-order valence-electron chi connectivity index (χ3n) is 8.70. The maximum Gasteiger partial charge on any atom is 0.305 e. The lowest BCUT2D eigenvalue weighted by Gasteiger charge is -2.59. The summed E-state index contributed by atoms with van der Waals surface area (Å²) < 4.78 is 4.95. The molecule has 4 rings (SSSR count). The predicted octanol–water partition coefficient (Wildman–Crippen LogP) is 2.49. The molecule has 1 amide bonds. The standard InChI is InChI=1S/C23H33NO5/c1-15-12-24(14-26)21-17(15)8-10-22(13-25)19(27)7-6-16-4-3-5-18(16)23(21,22)11-9-20(28)29-2/h5,14-17,21,25H,3-4,6-13H2,1-2H3/t15-,16-,17?,21?,22?,23+/m1/s1. The van der Waals surface area contributed by atoms with Crippen LogP contribution in [-0.4, -0.2) is 54.5 Å². The van der Waals surface area contributed by atoms with E-state index in [1.165, 1.54) is 12.7 Å². The summed E-state index contributed by atoms with van der Waals surface area (Å²) in [4.78, 5) is 39.8. The third kappa shape index (κ3) is 2.74. The van der Waals surface area contributed by atoms with E-state index in [4.69, 9.17) is 4.74 Å². The molecule has 0 aromatic heterocycles. The van der Waals surface area contributed by atoms with Crippen molar-refractivity contribution in [3.05, 3.63) is 11.6 Å². The lowest BCUT2D eigenvalue weighted by Crippen LogP contribution is -2.64. The highest BCUT2D eigenvalue weighted by Gasteiger charge is 2.69. The van der Waals surface area contributed by atoms with Crippen LogP contribution >= 0.6 is 0 Å². The van der Waals surface area contributed by atoms with Crippen molar-refractivity contribution in [3.63, 3.8) is 0 Å². The van der Waals surface area contributed by atoms with E-state index in [0.717, 1.165) is 32.1 Å². The van der Waals surface area contributed by atoms with Crippen molar-refractivity contribution >= 4 is 18.2 Å². The zero-order chi connectivity index (χ0) is 20.8. The fraction of sp³-hybridized carbons (Fsp3) is 0.783.